The average Bonchev–Trinajstić information content (AvgIpc) is 3.14. The van der Waals surface area contributed by atoms with Crippen molar-refractivity contribution >= 4 is 5.78 Å². The molecule has 5 rings (SSSR count). The van der Waals surface area contributed by atoms with E-state index in [9.17, 15) is 4.79 Å². The van der Waals surface area contributed by atoms with E-state index in [4.69, 9.17) is 4.52 Å². The van der Waals surface area contributed by atoms with Gasteiger partial charge in [-0.3, -0.25) is 9.48 Å². The van der Waals surface area contributed by atoms with Crippen LogP contribution in [0.3, 0.4) is 0 Å². The van der Waals surface area contributed by atoms with Crippen LogP contribution in [0.1, 0.15) is 72.5 Å². The number of Topliss-reactive ketones (excluding diaryl/α,β-unsaturated/α-hetero) is 1. The first kappa shape index (κ1) is 17.3. The monoisotopic (exact) mass is 376 g/mol. The van der Waals surface area contributed by atoms with E-state index in [2.05, 4.69) is 47.3 Å². The number of carbonyl (C=O) groups excluding carboxylic acids is 1. The lowest BCUT2D eigenvalue weighted by atomic mass is 9.94. The lowest BCUT2D eigenvalue weighted by molar-refractivity contribution is 0.0964. The SMILES string of the molecule is Cn1nccc1C(=O)C[C@@H]1CCc2cc(-c3noc(C4CC4(C)C)n3)ccc21. The Kier molecular flexibility index (Phi) is 3.79. The zero-order chi connectivity index (χ0) is 19.5. The molecule has 2 aliphatic rings. The van der Waals surface area contributed by atoms with Crippen LogP contribution < -0.4 is 0 Å². The van der Waals surface area contributed by atoms with Crippen molar-refractivity contribution in [1.29, 1.82) is 0 Å². The molecule has 1 fully saturated rings. The summed E-state index contributed by atoms with van der Waals surface area (Å²) in [7, 11) is 1.81. The van der Waals surface area contributed by atoms with E-state index in [1.165, 1.54) is 11.1 Å². The van der Waals surface area contributed by atoms with Crippen LogP contribution >= 0.6 is 0 Å². The molecule has 0 saturated heterocycles. The number of rotatable bonds is 5. The Bertz CT molecular complexity index is 1060. The third-order valence-corrected chi connectivity index (χ3v) is 6.39. The molecule has 1 aromatic carbocycles. The standard InChI is InChI=1S/C22H24N4O2/c1-22(2)12-17(22)21-24-20(25-28-21)15-6-7-16-13(10-15)4-5-14(16)11-19(27)18-8-9-23-26(18)3/h6-10,14,17H,4-5,11-12H2,1-3H3/t14-,17?/m0/s1. The van der Waals surface area contributed by atoms with Crippen molar-refractivity contribution in [3.05, 3.63) is 53.2 Å². The summed E-state index contributed by atoms with van der Waals surface area (Å²) in [5.74, 6) is 2.21. The molecule has 0 N–H and O–H groups in total. The Morgan fingerprint density at radius 1 is 1.32 bits per heavy atom. The molecule has 2 atom stereocenters. The lowest BCUT2D eigenvalue weighted by Gasteiger charge is -2.11. The van der Waals surface area contributed by atoms with Gasteiger partial charge in [0.25, 0.3) is 0 Å². The maximum absolute atomic E-state index is 12.6. The van der Waals surface area contributed by atoms with Crippen LogP contribution in [0.2, 0.25) is 0 Å². The molecule has 2 aliphatic carbocycles. The normalized spacial score (nSPS) is 22.2. The Morgan fingerprint density at radius 3 is 2.86 bits per heavy atom. The first-order valence-corrected chi connectivity index (χ1v) is 9.90. The first-order chi connectivity index (χ1) is 13.4. The number of hydrogen-bond acceptors (Lipinski definition) is 5. The molecule has 2 heterocycles. The number of benzene rings is 1. The zero-order valence-corrected chi connectivity index (χ0v) is 16.5. The van der Waals surface area contributed by atoms with Crippen molar-refractivity contribution < 1.29 is 9.32 Å². The summed E-state index contributed by atoms with van der Waals surface area (Å²) in [5.41, 5.74) is 4.50. The highest BCUT2D eigenvalue weighted by Gasteiger charge is 2.50. The topological polar surface area (TPSA) is 73.8 Å². The van der Waals surface area contributed by atoms with E-state index < -0.39 is 0 Å². The number of nitrogens with zero attached hydrogens (tertiary/aromatic N) is 4. The second-order valence-corrected chi connectivity index (χ2v) is 8.82. The van der Waals surface area contributed by atoms with Crippen molar-refractivity contribution in [1.82, 2.24) is 19.9 Å². The number of hydrogen-bond donors (Lipinski definition) is 0. The van der Waals surface area contributed by atoms with Gasteiger partial charge in [0.1, 0.15) is 5.69 Å². The summed E-state index contributed by atoms with van der Waals surface area (Å²) in [4.78, 5) is 17.2. The Labute approximate surface area is 164 Å². The van der Waals surface area contributed by atoms with Gasteiger partial charge < -0.3 is 4.52 Å². The molecule has 0 amide bonds. The van der Waals surface area contributed by atoms with Crippen molar-refractivity contribution in [2.75, 3.05) is 0 Å². The highest BCUT2D eigenvalue weighted by Crippen LogP contribution is 2.58. The summed E-state index contributed by atoms with van der Waals surface area (Å²) >= 11 is 0. The predicted octanol–water partition coefficient (Wildman–Crippen LogP) is 4.29. The zero-order valence-electron chi connectivity index (χ0n) is 16.5. The van der Waals surface area contributed by atoms with Gasteiger partial charge in [0, 0.05) is 31.1 Å². The van der Waals surface area contributed by atoms with Crippen LogP contribution in [0.5, 0.6) is 0 Å². The molecule has 1 saturated carbocycles. The van der Waals surface area contributed by atoms with Crippen LogP contribution in [0.4, 0.5) is 0 Å². The molecule has 0 radical (unpaired) electrons. The summed E-state index contributed by atoms with van der Waals surface area (Å²) in [6.07, 6.45) is 5.27. The van der Waals surface area contributed by atoms with E-state index in [0.717, 1.165) is 30.7 Å². The van der Waals surface area contributed by atoms with Crippen molar-refractivity contribution in [2.45, 2.75) is 51.4 Å². The molecule has 6 nitrogen and oxygen atoms in total. The number of ketones is 1. The molecule has 0 spiro atoms. The van der Waals surface area contributed by atoms with E-state index >= 15 is 0 Å². The van der Waals surface area contributed by atoms with Crippen molar-refractivity contribution in [3.63, 3.8) is 0 Å². The van der Waals surface area contributed by atoms with Crippen LogP contribution in [0.15, 0.2) is 35.0 Å². The maximum Gasteiger partial charge on any atom is 0.230 e. The molecule has 0 bridgehead atoms. The third-order valence-electron chi connectivity index (χ3n) is 6.39. The van der Waals surface area contributed by atoms with Gasteiger partial charge in [-0.15, -0.1) is 0 Å². The number of aromatic nitrogens is 4. The Balaban J connectivity index is 1.34. The average molecular weight is 376 g/mol. The van der Waals surface area contributed by atoms with Gasteiger partial charge in [0.2, 0.25) is 11.7 Å². The minimum absolute atomic E-state index is 0.150. The summed E-state index contributed by atoms with van der Waals surface area (Å²) in [6.45, 7) is 4.45. The van der Waals surface area contributed by atoms with Crippen molar-refractivity contribution in [3.8, 4) is 11.4 Å². The molecule has 28 heavy (non-hydrogen) atoms. The van der Waals surface area contributed by atoms with Crippen molar-refractivity contribution in [2.24, 2.45) is 12.5 Å². The lowest BCUT2D eigenvalue weighted by Crippen LogP contribution is -2.10. The fraction of sp³-hybridized carbons (Fsp3) is 0.455. The fourth-order valence-corrected chi connectivity index (χ4v) is 4.42. The van der Waals surface area contributed by atoms with Gasteiger partial charge >= 0.3 is 0 Å². The van der Waals surface area contributed by atoms with Crippen LogP contribution in [-0.2, 0) is 13.5 Å². The molecular formula is C22H24N4O2. The van der Waals surface area contributed by atoms with Crippen LogP contribution in [0, 0.1) is 5.41 Å². The Morgan fingerprint density at radius 2 is 2.14 bits per heavy atom. The maximum atomic E-state index is 12.6. The minimum atomic E-state index is 0.150. The van der Waals surface area contributed by atoms with Gasteiger partial charge in [0.05, 0.1) is 0 Å². The second-order valence-electron chi connectivity index (χ2n) is 8.82. The van der Waals surface area contributed by atoms with E-state index in [-0.39, 0.29) is 17.1 Å². The van der Waals surface area contributed by atoms with Gasteiger partial charge in [-0.05, 0) is 53.9 Å². The largest absolute Gasteiger partial charge is 0.339 e. The number of aryl methyl sites for hydroxylation is 2. The molecule has 6 heteroatoms. The van der Waals surface area contributed by atoms with E-state index in [0.29, 0.717) is 23.9 Å². The quantitative estimate of drug-likeness (QED) is 0.621. The predicted molar refractivity (Wildman–Crippen MR) is 104 cm³/mol. The summed E-state index contributed by atoms with van der Waals surface area (Å²) in [5, 5.41) is 8.30. The smallest absolute Gasteiger partial charge is 0.230 e. The molecule has 3 aromatic rings. The molecular weight excluding hydrogens is 352 g/mol. The highest BCUT2D eigenvalue weighted by molar-refractivity contribution is 5.95. The van der Waals surface area contributed by atoms with Gasteiger partial charge in [-0.2, -0.15) is 10.1 Å². The fourth-order valence-electron chi connectivity index (χ4n) is 4.42. The molecule has 144 valence electrons. The second kappa shape index (κ2) is 6.12. The van der Waals surface area contributed by atoms with Crippen LogP contribution in [0.25, 0.3) is 11.4 Å². The minimum Gasteiger partial charge on any atom is -0.339 e. The third kappa shape index (κ3) is 2.87. The first-order valence-electron chi connectivity index (χ1n) is 9.90. The van der Waals surface area contributed by atoms with Crippen LogP contribution in [-0.4, -0.2) is 25.7 Å². The van der Waals surface area contributed by atoms with Gasteiger partial charge in [0.15, 0.2) is 5.78 Å². The van der Waals surface area contributed by atoms with E-state index in [1.54, 1.807) is 16.9 Å². The van der Waals surface area contributed by atoms with E-state index in [1.807, 2.05) is 7.05 Å². The summed E-state index contributed by atoms with van der Waals surface area (Å²) < 4.78 is 7.16. The highest BCUT2D eigenvalue weighted by atomic mass is 16.5. The molecule has 2 aromatic heterocycles. The van der Waals surface area contributed by atoms with Gasteiger partial charge in [-0.25, -0.2) is 0 Å². The number of fused-ring (bicyclic) bond motifs is 1. The number of carbonyl (C=O) groups is 1. The molecule has 0 aliphatic heterocycles. The van der Waals surface area contributed by atoms with Gasteiger partial charge in [-0.1, -0.05) is 31.1 Å². The summed E-state index contributed by atoms with van der Waals surface area (Å²) in [6, 6.07) is 8.14. The molecule has 1 unspecified atom stereocenters. The Hall–Kier alpha value is -2.76.